The van der Waals surface area contributed by atoms with Gasteiger partial charge in [0.05, 0.1) is 19.2 Å². The van der Waals surface area contributed by atoms with Gasteiger partial charge in [-0.1, -0.05) is 12.5 Å². The van der Waals surface area contributed by atoms with E-state index < -0.39 is 5.97 Å². The Morgan fingerprint density at radius 2 is 2.00 bits per heavy atom. The summed E-state index contributed by atoms with van der Waals surface area (Å²) in [6, 6.07) is 6.77. The van der Waals surface area contributed by atoms with Gasteiger partial charge in [0.25, 0.3) is 0 Å². The van der Waals surface area contributed by atoms with Gasteiger partial charge in [-0.3, -0.25) is 9.69 Å². The van der Waals surface area contributed by atoms with Crippen molar-refractivity contribution in [3.8, 4) is 0 Å². The summed E-state index contributed by atoms with van der Waals surface area (Å²) >= 11 is 0. The Morgan fingerprint density at radius 1 is 1.25 bits per heavy atom. The minimum Gasteiger partial charge on any atom is -0.465 e. The molecule has 1 saturated heterocycles. The van der Waals surface area contributed by atoms with Crippen molar-refractivity contribution in [1.29, 1.82) is 0 Å². The summed E-state index contributed by atoms with van der Waals surface area (Å²) in [7, 11) is 1.34. The minimum absolute atomic E-state index is 0.0473. The predicted molar refractivity (Wildman–Crippen MR) is 76.7 cm³/mol. The molecule has 1 aromatic carbocycles. The number of amides is 1. The molecule has 20 heavy (non-hydrogen) atoms. The molecule has 1 aromatic rings. The van der Waals surface area contributed by atoms with Crippen LogP contribution >= 0.6 is 0 Å². The zero-order chi connectivity index (χ0) is 14.4. The normalized spacial score (nSPS) is 15.7. The lowest BCUT2D eigenvalue weighted by Crippen LogP contribution is -2.36. The molecule has 0 atom stereocenters. The minimum atomic E-state index is -0.405. The van der Waals surface area contributed by atoms with Gasteiger partial charge in [0.2, 0.25) is 5.91 Å². The second-order valence-electron chi connectivity index (χ2n) is 4.96. The van der Waals surface area contributed by atoms with E-state index in [1.165, 1.54) is 13.5 Å². The van der Waals surface area contributed by atoms with Gasteiger partial charge in [-0.05, 0) is 44.1 Å². The number of methoxy groups -OCH3 is 1. The van der Waals surface area contributed by atoms with E-state index in [2.05, 4.69) is 15.0 Å². The Morgan fingerprint density at radius 3 is 2.70 bits per heavy atom. The fraction of sp³-hybridized carbons (Fsp3) is 0.467. The summed E-state index contributed by atoms with van der Waals surface area (Å²) in [6.07, 6.45) is 3.56. The second-order valence-corrected chi connectivity index (χ2v) is 4.96. The van der Waals surface area contributed by atoms with Crippen molar-refractivity contribution in [3.63, 3.8) is 0 Å². The molecule has 2 rings (SSSR count). The molecule has 1 N–H and O–H groups in total. The number of carbonyl (C=O) groups is 2. The van der Waals surface area contributed by atoms with Crippen molar-refractivity contribution in [2.75, 3.05) is 32.1 Å². The number of hydrogen-bond donors (Lipinski definition) is 1. The van der Waals surface area contributed by atoms with Crippen LogP contribution < -0.4 is 5.32 Å². The number of nitrogens with one attached hydrogen (secondary N) is 1. The highest BCUT2D eigenvalue weighted by Crippen LogP contribution is 2.12. The maximum atomic E-state index is 12.0. The van der Waals surface area contributed by atoms with Crippen molar-refractivity contribution < 1.29 is 14.3 Å². The quantitative estimate of drug-likeness (QED) is 0.853. The zero-order valence-electron chi connectivity index (χ0n) is 11.7. The number of ether oxygens (including phenoxy) is 1. The molecule has 5 heteroatoms. The molecule has 0 bridgehead atoms. The van der Waals surface area contributed by atoms with Gasteiger partial charge in [-0.2, -0.15) is 0 Å². The van der Waals surface area contributed by atoms with Crippen molar-refractivity contribution >= 4 is 17.6 Å². The van der Waals surface area contributed by atoms with Gasteiger partial charge < -0.3 is 10.1 Å². The monoisotopic (exact) mass is 276 g/mol. The lowest BCUT2D eigenvalue weighted by Gasteiger charge is -2.25. The standard InChI is InChI=1S/C15H20N2O3/c1-20-15(19)12-6-5-7-13(10-12)16-14(18)11-17-8-3-2-4-9-17/h5-7,10H,2-4,8-9,11H2,1H3,(H,16,18). The van der Waals surface area contributed by atoms with E-state index in [0.29, 0.717) is 17.8 Å². The highest BCUT2D eigenvalue weighted by Gasteiger charge is 2.14. The molecule has 1 aliphatic heterocycles. The van der Waals surface area contributed by atoms with Gasteiger partial charge in [0.15, 0.2) is 0 Å². The third kappa shape index (κ3) is 4.06. The van der Waals surface area contributed by atoms with E-state index in [1.54, 1.807) is 24.3 Å². The van der Waals surface area contributed by atoms with Gasteiger partial charge in [0, 0.05) is 5.69 Å². The van der Waals surface area contributed by atoms with E-state index in [-0.39, 0.29) is 5.91 Å². The van der Waals surface area contributed by atoms with E-state index in [9.17, 15) is 9.59 Å². The van der Waals surface area contributed by atoms with Gasteiger partial charge in [-0.15, -0.1) is 0 Å². The summed E-state index contributed by atoms with van der Waals surface area (Å²) in [5.74, 6) is -0.453. The Balaban J connectivity index is 1.91. The maximum Gasteiger partial charge on any atom is 0.337 e. The predicted octanol–water partition coefficient (Wildman–Crippen LogP) is 1.90. The van der Waals surface area contributed by atoms with Crippen LogP contribution in [0.5, 0.6) is 0 Å². The number of carbonyl (C=O) groups excluding carboxylic acids is 2. The lowest BCUT2D eigenvalue weighted by molar-refractivity contribution is -0.117. The molecular formula is C15H20N2O3. The van der Waals surface area contributed by atoms with Crippen molar-refractivity contribution in [2.45, 2.75) is 19.3 Å². The Hall–Kier alpha value is -1.88. The zero-order valence-corrected chi connectivity index (χ0v) is 11.7. The van der Waals surface area contributed by atoms with Gasteiger partial charge >= 0.3 is 5.97 Å². The number of benzene rings is 1. The Labute approximate surface area is 118 Å². The summed E-state index contributed by atoms with van der Waals surface area (Å²) < 4.78 is 4.66. The first-order valence-electron chi connectivity index (χ1n) is 6.89. The molecule has 5 nitrogen and oxygen atoms in total. The number of hydrogen-bond acceptors (Lipinski definition) is 4. The molecular weight excluding hydrogens is 256 g/mol. The molecule has 1 heterocycles. The average molecular weight is 276 g/mol. The summed E-state index contributed by atoms with van der Waals surface area (Å²) in [6.45, 7) is 2.37. The van der Waals surface area contributed by atoms with Crippen LogP contribution in [0.3, 0.4) is 0 Å². The van der Waals surface area contributed by atoms with Crippen LogP contribution in [0.15, 0.2) is 24.3 Å². The van der Waals surface area contributed by atoms with Gasteiger partial charge in [-0.25, -0.2) is 4.79 Å². The van der Waals surface area contributed by atoms with Crippen LogP contribution in [0.25, 0.3) is 0 Å². The van der Waals surface area contributed by atoms with Crippen molar-refractivity contribution in [1.82, 2.24) is 4.90 Å². The number of nitrogens with zero attached hydrogens (tertiary/aromatic N) is 1. The molecule has 108 valence electrons. The SMILES string of the molecule is COC(=O)c1cccc(NC(=O)CN2CCCCC2)c1. The average Bonchev–Trinajstić information content (AvgIpc) is 2.47. The smallest absolute Gasteiger partial charge is 0.337 e. The van der Waals surface area contributed by atoms with Crippen LogP contribution in [-0.2, 0) is 9.53 Å². The van der Waals surface area contributed by atoms with E-state index in [1.807, 2.05) is 0 Å². The lowest BCUT2D eigenvalue weighted by atomic mass is 10.1. The maximum absolute atomic E-state index is 12.0. The first-order valence-corrected chi connectivity index (χ1v) is 6.89. The molecule has 0 saturated carbocycles. The number of likely N-dealkylation sites (tertiary alicyclic amines) is 1. The number of esters is 1. The summed E-state index contributed by atoms with van der Waals surface area (Å²) in [4.78, 5) is 25.5. The largest absolute Gasteiger partial charge is 0.465 e. The first-order chi connectivity index (χ1) is 9.69. The molecule has 0 aliphatic carbocycles. The summed E-state index contributed by atoms with van der Waals surface area (Å²) in [5, 5.41) is 2.82. The first kappa shape index (κ1) is 14.5. The highest BCUT2D eigenvalue weighted by atomic mass is 16.5. The van der Waals surface area contributed by atoms with Gasteiger partial charge in [0.1, 0.15) is 0 Å². The topological polar surface area (TPSA) is 58.6 Å². The fourth-order valence-electron chi connectivity index (χ4n) is 2.36. The van der Waals surface area contributed by atoms with E-state index in [0.717, 1.165) is 25.9 Å². The highest BCUT2D eigenvalue weighted by molar-refractivity contribution is 5.95. The molecule has 0 spiro atoms. The molecule has 1 aliphatic rings. The number of anilines is 1. The fourth-order valence-corrected chi connectivity index (χ4v) is 2.36. The molecule has 1 fully saturated rings. The number of piperidine rings is 1. The Kier molecular flexibility index (Phi) is 5.12. The van der Waals surface area contributed by atoms with Crippen molar-refractivity contribution in [3.05, 3.63) is 29.8 Å². The van der Waals surface area contributed by atoms with Crippen LogP contribution in [-0.4, -0.2) is 43.5 Å². The molecule has 0 radical (unpaired) electrons. The molecule has 1 amide bonds. The van der Waals surface area contributed by atoms with E-state index in [4.69, 9.17) is 0 Å². The Bertz CT molecular complexity index is 482. The second kappa shape index (κ2) is 7.05. The van der Waals surface area contributed by atoms with Crippen LogP contribution in [0.1, 0.15) is 29.6 Å². The summed E-state index contributed by atoms with van der Waals surface area (Å²) in [5.41, 5.74) is 1.05. The van der Waals surface area contributed by atoms with Crippen LogP contribution in [0.2, 0.25) is 0 Å². The third-order valence-corrected chi connectivity index (χ3v) is 3.38. The van der Waals surface area contributed by atoms with Crippen LogP contribution in [0, 0.1) is 0 Å². The van der Waals surface area contributed by atoms with Crippen LogP contribution in [0.4, 0.5) is 5.69 Å². The third-order valence-electron chi connectivity index (χ3n) is 3.38. The van der Waals surface area contributed by atoms with E-state index >= 15 is 0 Å². The number of rotatable bonds is 4. The molecule has 0 aromatic heterocycles. The molecule has 0 unspecified atom stereocenters. The van der Waals surface area contributed by atoms with Crippen molar-refractivity contribution in [2.24, 2.45) is 0 Å².